The molecule has 1 N–H and O–H groups in total. The van der Waals surface area contributed by atoms with Crippen molar-refractivity contribution < 1.29 is 13.9 Å². The monoisotopic (exact) mass is 552 g/mol. The number of amides is 1. The van der Waals surface area contributed by atoms with E-state index in [1.807, 2.05) is 24.0 Å². The number of benzene rings is 2. The molecule has 0 aromatic heterocycles. The molecule has 0 saturated carbocycles. The minimum absolute atomic E-state index is 0. The largest absolute Gasteiger partial charge is 0.367 e. The van der Waals surface area contributed by atoms with Crippen LogP contribution in [0.2, 0.25) is 0 Å². The molecular weight excluding hydrogens is 522 g/mol. The Morgan fingerprint density at radius 3 is 2.56 bits per heavy atom. The third-order valence-electron chi connectivity index (χ3n) is 5.89. The Morgan fingerprint density at radius 1 is 1.12 bits per heavy atom. The summed E-state index contributed by atoms with van der Waals surface area (Å²) >= 11 is 0. The summed E-state index contributed by atoms with van der Waals surface area (Å²) in [4.78, 5) is 21.2. The predicted molar refractivity (Wildman–Crippen MR) is 134 cm³/mol. The lowest BCUT2D eigenvalue weighted by Crippen LogP contribution is -2.52. The minimum Gasteiger partial charge on any atom is -0.367 e. The Morgan fingerprint density at radius 2 is 1.84 bits per heavy atom. The molecule has 1 saturated heterocycles. The molecule has 8 heteroatoms. The zero-order valence-corrected chi connectivity index (χ0v) is 20.8. The zero-order chi connectivity index (χ0) is 21.8. The number of fused-ring (bicyclic) bond motifs is 1. The Bertz CT molecular complexity index is 953. The van der Waals surface area contributed by atoms with E-state index in [9.17, 15) is 9.18 Å². The van der Waals surface area contributed by atoms with Crippen LogP contribution in [0.5, 0.6) is 0 Å². The topological polar surface area (TPSA) is 57.2 Å². The molecule has 32 heavy (non-hydrogen) atoms. The third-order valence-corrected chi connectivity index (χ3v) is 5.89. The highest BCUT2D eigenvalue weighted by Crippen LogP contribution is 2.25. The lowest BCUT2D eigenvalue weighted by Gasteiger charge is -2.39. The molecule has 2 aromatic carbocycles. The molecule has 0 bridgehead atoms. The maximum atomic E-state index is 13.3. The molecule has 6 nitrogen and oxygen atoms in total. The van der Waals surface area contributed by atoms with E-state index in [0.717, 1.165) is 18.5 Å². The number of guanidine groups is 1. The summed E-state index contributed by atoms with van der Waals surface area (Å²) < 4.78 is 19.4. The lowest BCUT2D eigenvalue weighted by atomic mass is 10.00. The first kappa shape index (κ1) is 24.4. The second-order valence-corrected chi connectivity index (χ2v) is 8.13. The van der Waals surface area contributed by atoms with Crippen molar-refractivity contribution in [2.45, 2.75) is 32.1 Å². The number of halogens is 2. The molecule has 0 aliphatic carbocycles. The molecule has 2 heterocycles. The Labute approximate surface area is 205 Å². The van der Waals surface area contributed by atoms with Crippen molar-refractivity contribution in [2.24, 2.45) is 4.99 Å². The average molecular weight is 552 g/mol. The van der Waals surface area contributed by atoms with Gasteiger partial charge in [0.15, 0.2) is 5.96 Å². The van der Waals surface area contributed by atoms with Gasteiger partial charge in [0.25, 0.3) is 0 Å². The number of morpholine rings is 1. The van der Waals surface area contributed by atoms with Crippen LogP contribution in [0, 0.1) is 5.82 Å². The van der Waals surface area contributed by atoms with E-state index in [4.69, 9.17) is 4.74 Å². The van der Waals surface area contributed by atoms with Gasteiger partial charge in [-0.1, -0.05) is 36.4 Å². The van der Waals surface area contributed by atoms with Gasteiger partial charge >= 0.3 is 0 Å². The quantitative estimate of drug-likeness (QED) is 0.361. The SMILES string of the molecule is CN=C(NCC(=O)N1CCc2ccccc2C1)N1CC(C)OC(c2ccc(F)cc2)C1.I. The van der Waals surface area contributed by atoms with Crippen LogP contribution in [0.15, 0.2) is 53.5 Å². The minimum atomic E-state index is -0.263. The standard InChI is InChI=1S/C24H29FN4O2.HI/c1-17-14-29(16-22(31-17)19-7-9-21(25)10-8-19)24(26-2)27-13-23(30)28-12-11-18-5-3-4-6-20(18)15-28;/h3-10,17,22H,11-16H2,1-2H3,(H,26,27);1H. The van der Waals surface area contributed by atoms with Gasteiger partial charge in [-0.3, -0.25) is 9.79 Å². The van der Waals surface area contributed by atoms with Gasteiger partial charge in [0.1, 0.15) is 11.9 Å². The highest BCUT2D eigenvalue weighted by molar-refractivity contribution is 14.0. The number of hydrogen-bond donors (Lipinski definition) is 1. The number of aliphatic imine (C=N–C) groups is 1. The second-order valence-electron chi connectivity index (χ2n) is 8.13. The van der Waals surface area contributed by atoms with Gasteiger partial charge in [0.2, 0.25) is 5.91 Å². The molecule has 0 radical (unpaired) electrons. The number of rotatable bonds is 3. The van der Waals surface area contributed by atoms with Crippen LogP contribution < -0.4 is 5.32 Å². The van der Waals surface area contributed by atoms with Crippen molar-refractivity contribution in [3.8, 4) is 0 Å². The Hall–Kier alpha value is -2.20. The van der Waals surface area contributed by atoms with Crippen molar-refractivity contribution in [2.75, 3.05) is 33.2 Å². The summed E-state index contributed by atoms with van der Waals surface area (Å²) in [7, 11) is 1.72. The molecule has 4 rings (SSSR count). The van der Waals surface area contributed by atoms with Crippen molar-refractivity contribution in [1.29, 1.82) is 0 Å². The van der Waals surface area contributed by atoms with E-state index in [1.165, 1.54) is 23.3 Å². The van der Waals surface area contributed by atoms with Gasteiger partial charge in [-0.25, -0.2) is 4.39 Å². The molecule has 1 amide bonds. The van der Waals surface area contributed by atoms with Crippen molar-refractivity contribution >= 4 is 35.8 Å². The van der Waals surface area contributed by atoms with Crippen LogP contribution in [-0.2, 0) is 22.5 Å². The number of ether oxygens (including phenoxy) is 1. The normalized spacial score (nSPS) is 20.9. The Kier molecular flexibility index (Phi) is 8.47. The van der Waals surface area contributed by atoms with Gasteiger partial charge in [-0.15, -0.1) is 24.0 Å². The lowest BCUT2D eigenvalue weighted by molar-refractivity contribution is -0.130. The molecule has 172 valence electrons. The summed E-state index contributed by atoms with van der Waals surface area (Å²) in [5, 5.41) is 3.23. The number of hydrogen-bond acceptors (Lipinski definition) is 3. The van der Waals surface area contributed by atoms with Crippen LogP contribution in [0.4, 0.5) is 4.39 Å². The fourth-order valence-corrected chi connectivity index (χ4v) is 4.29. The number of nitrogens with one attached hydrogen (secondary N) is 1. The van der Waals surface area contributed by atoms with E-state index >= 15 is 0 Å². The molecule has 2 aliphatic heterocycles. The molecule has 1 fully saturated rings. The molecular formula is C24H30FIN4O2. The average Bonchev–Trinajstić information content (AvgIpc) is 2.79. The van der Waals surface area contributed by atoms with E-state index in [-0.39, 0.29) is 54.5 Å². The summed E-state index contributed by atoms with van der Waals surface area (Å²) in [5.41, 5.74) is 3.47. The first-order valence-corrected chi connectivity index (χ1v) is 10.7. The predicted octanol–water partition coefficient (Wildman–Crippen LogP) is 3.37. The third kappa shape index (κ3) is 5.78. The van der Waals surface area contributed by atoms with E-state index < -0.39 is 0 Å². The summed E-state index contributed by atoms with van der Waals surface area (Å²) in [6, 6.07) is 14.7. The van der Waals surface area contributed by atoms with Crippen molar-refractivity contribution in [3.05, 3.63) is 71.0 Å². The maximum absolute atomic E-state index is 13.3. The van der Waals surface area contributed by atoms with E-state index in [1.54, 1.807) is 19.2 Å². The second kappa shape index (κ2) is 11.1. The van der Waals surface area contributed by atoms with Crippen LogP contribution >= 0.6 is 24.0 Å². The zero-order valence-electron chi connectivity index (χ0n) is 18.5. The fourth-order valence-electron chi connectivity index (χ4n) is 4.29. The molecule has 2 aliphatic rings. The number of carbonyl (C=O) groups is 1. The highest BCUT2D eigenvalue weighted by Gasteiger charge is 2.29. The smallest absolute Gasteiger partial charge is 0.242 e. The first-order chi connectivity index (χ1) is 15.0. The van der Waals surface area contributed by atoms with Crippen LogP contribution in [0.25, 0.3) is 0 Å². The van der Waals surface area contributed by atoms with Crippen molar-refractivity contribution in [1.82, 2.24) is 15.1 Å². The maximum Gasteiger partial charge on any atom is 0.242 e. The van der Waals surface area contributed by atoms with Gasteiger partial charge < -0.3 is 19.9 Å². The highest BCUT2D eigenvalue weighted by atomic mass is 127. The summed E-state index contributed by atoms with van der Waals surface area (Å²) in [6.07, 6.45) is 0.686. The number of carbonyl (C=O) groups excluding carboxylic acids is 1. The van der Waals surface area contributed by atoms with Gasteiger partial charge in [-0.05, 0) is 42.2 Å². The van der Waals surface area contributed by atoms with Gasteiger partial charge in [0.05, 0.1) is 19.2 Å². The fraction of sp³-hybridized carbons (Fsp3) is 0.417. The van der Waals surface area contributed by atoms with Gasteiger partial charge in [0, 0.05) is 26.7 Å². The van der Waals surface area contributed by atoms with Crippen LogP contribution in [0.1, 0.15) is 29.7 Å². The molecule has 2 aromatic rings. The van der Waals surface area contributed by atoms with Crippen molar-refractivity contribution in [3.63, 3.8) is 0 Å². The van der Waals surface area contributed by atoms with E-state index in [0.29, 0.717) is 25.6 Å². The molecule has 2 atom stereocenters. The number of nitrogens with zero attached hydrogens (tertiary/aromatic N) is 3. The Balaban J connectivity index is 0.00000289. The summed E-state index contributed by atoms with van der Waals surface area (Å²) in [6.45, 7) is 4.84. The first-order valence-electron chi connectivity index (χ1n) is 10.7. The van der Waals surface area contributed by atoms with Gasteiger partial charge in [-0.2, -0.15) is 0 Å². The van der Waals surface area contributed by atoms with E-state index in [2.05, 4.69) is 27.3 Å². The molecule has 0 spiro atoms. The van der Waals surface area contributed by atoms with Crippen LogP contribution in [0.3, 0.4) is 0 Å². The molecule has 2 unspecified atom stereocenters. The summed E-state index contributed by atoms with van der Waals surface area (Å²) in [5.74, 6) is 0.473. The van der Waals surface area contributed by atoms with Crippen LogP contribution in [-0.4, -0.2) is 61.0 Å².